The molecule has 3 aromatic carbocycles. The zero-order valence-electron chi connectivity index (χ0n) is 20.1. The maximum atomic E-state index is 5.42. The monoisotopic (exact) mass is 532 g/mol. The molecule has 0 N–H and O–H groups in total. The molecular formula is C30H20N4S3. The summed E-state index contributed by atoms with van der Waals surface area (Å²) in [7, 11) is 0. The zero-order valence-corrected chi connectivity index (χ0v) is 22.5. The molecule has 0 aliphatic rings. The van der Waals surface area contributed by atoms with Crippen LogP contribution in [0.15, 0.2) is 84.9 Å². The molecule has 4 aromatic heterocycles. The van der Waals surface area contributed by atoms with Crippen LogP contribution in [0.3, 0.4) is 0 Å². The Morgan fingerprint density at radius 1 is 0.486 bits per heavy atom. The first-order valence-electron chi connectivity index (χ1n) is 11.9. The van der Waals surface area contributed by atoms with Crippen molar-refractivity contribution >= 4 is 56.5 Å². The first-order chi connectivity index (χ1) is 18.2. The summed E-state index contributed by atoms with van der Waals surface area (Å²) in [6.07, 6.45) is 0. The van der Waals surface area contributed by atoms with Crippen LogP contribution in [0.5, 0.6) is 0 Å². The lowest BCUT2D eigenvalue weighted by atomic mass is 9.99. The van der Waals surface area contributed by atoms with Gasteiger partial charge in [0.1, 0.15) is 22.1 Å². The van der Waals surface area contributed by atoms with Crippen LogP contribution >= 0.6 is 34.4 Å². The third-order valence-electron chi connectivity index (χ3n) is 6.40. The lowest BCUT2D eigenvalue weighted by Gasteiger charge is -2.15. The van der Waals surface area contributed by atoms with Gasteiger partial charge in [-0.15, -0.1) is 22.7 Å². The fraction of sp³-hybridized carbons (Fsp3) is 0.0667. The Morgan fingerprint density at radius 2 is 0.919 bits per heavy atom. The van der Waals surface area contributed by atoms with Gasteiger partial charge < -0.3 is 0 Å². The molecule has 0 amide bonds. The van der Waals surface area contributed by atoms with E-state index in [4.69, 9.17) is 18.7 Å². The molecule has 7 aromatic rings. The molecule has 0 spiro atoms. The van der Waals surface area contributed by atoms with Crippen molar-refractivity contribution in [3.8, 4) is 43.4 Å². The minimum Gasteiger partial charge on any atom is -0.243 e. The van der Waals surface area contributed by atoms with E-state index in [1.807, 2.05) is 36.4 Å². The van der Waals surface area contributed by atoms with E-state index in [-0.39, 0.29) is 0 Å². The summed E-state index contributed by atoms with van der Waals surface area (Å²) in [6, 6.07) is 29.3. The summed E-state index contributed by atoms with van der Waals surface area (Å²) in [4.78, 5) is 15.6. The molecule has 7 heteroatoms. The third-order valence-corrected chi connectivity index (χ3v) is 8.96. The van der Waals surface area contributed by atoms with Crippen LogP contribution in [0.1, 0.15) is 9.75 Å². The highest BCUT2D eigenvalue weighted by atomic mass is 32.1. The molecule has 0 unspecified atom stereocenters. The topological polar surface area (TPSA) is 51.6 Å². The van der Waals surface area contributed by atoms with Crippen molar-refractivity contribution in [1.29, 1.82) is 0 Å². The largest absolute Gasteiger partial charge is 0.243 e. The van der Waals surface area contributed by atoms with Gasteiger partial charge in [0.25, 0.3) is 0 Å². The van der Waals surface area contributed by atoms with Crippen LogP contribution in [0.4, 0.5) is 0 Å². The van der Waals surface area contributed by atoms with Crippen molar-refractivity contribution in [1.82, 2.24) is 18.7 Å². The average Bonchev–Trinajstić information content (AvgIpc) is 3.69. The number of rotatable bonds is 4. The van der Waals surface area contributed by atoms with E-state index in [1.165, 1.54) is 21.5 Å². The van der Waals surface area contributed by atoms with Crippen LogP contribution in [-0.2, 0) is 0 Å². The highest BCUT2D eigenvalue weighted by Crippen LogP contribution is 2.46. The second kappa shape index (κ2) is 8.95. The Bertz CT molecular complexity index is 1760. The molecule has 0 aliphatic carbocycles. The molecule has 0 saturated carbocycles. The first-order valence-corrected chi connectivity index (χ1v) is 14.3. The molecule has 178 valence electrons. The van der Waals surface area contributed by atoms with Crippen molar-refractivity contribution < 1.29 is 0 Å². The lowest BCUT2D eigenvalue weighted by Crippen LogP contribution is -1.99. The third kappa shape index (κ3) is 3.78. The maximum absolute atomic E-state index is 5.42. The second-order valence-corrected chi connectivity index (χ2v) is 12.0. The van der Waals surface area contributed by atoms with Crippen molar-refractivity contribution in [2.24, 2.45) is 0 Å². The average molecular weight is 533 g/mol. The molecule has 7 rings (SSSR count). The zero-order chi connectivity index (χ0) is 24.9. The molecule has 0 saturated heterocycles. The number of benzene rings is 3. The number of aromatic nitrogens is 4. The van der Waals surface area contributed by atoms with Crippen LogP contribution in [0, 0.1) is 13.8 Å². The Hall–Kier alpha value is -3.78. The number of nitrogens with zero attached hydrogens (tertiary/aromatic N) is 4. The van der Waals surface area contributed by atoms with Gasteiger partial charge >= 0.3 is 0 Å². The quantitative estimate of drug-likeness (QED) is 0.227. The van der Waals surface area contributed by atoms with Gasteiger partial charge in [-0.3, -0.25) is 0 Å². The minimum absolute atomic E-state index is 0.863. The smallest absolute Gasteiger partial charge is 0.116 e. The number of thiophene rings is 2. The predicted octanol–water partition coefficient (Wildman–Crippen LogP) is 9.04. The van der Waals surface area contributed by atoms with E-state index in [0.29, 0.717) is 0 Å². The highest BCUT2D eigenvalue weighted by molar-refractivity contribution is 7.16. The van der Waals surface area contributed by atoms with Crippen LogP contribution in [-0.4, -0.2) is 18.7 Å². The van der Waals surface area contributed by atoms with Crippen molar-refractivity contribution in [3.63, 3.8) is 0 Å². The van der Waals surface area contributed by atoms with E-state index < -0.39 is 0 Å². The van der Waals surface area contributed by atoms with Gasteiger partial charge in [0, 0.05) is 41.8 Å². The van der Waals surface area contributed by atoms with E-state index in [9.17, 15) is 0 Å². The molecule has 4 nitrogen and oxygen atoms in total. The van der Waals surface area contributed by atoms with Gasteiger partial charge in [0.05, 0.1) is 23.1 Å². The molecule has 0 fully saturated rings. The van der Waals surface area contributed by atoms with E-state index in [0.717, 1.165) is 65.5 Å². The van der Waals surface area contributed by atoms with Crippen LogP contribution in [0.2, 0.25) is 0 Å². The lowest BCUT2D eigenvalue weighted by molar-refractivity contribution is 1.30. The van der Waals surface area contributed by atoms with Gasteiger partial charge in [-0.1, -0.05) is 60.7 Å². The summed E-state index contributed by atoms with van der Waals surface area (Å²) < 4.78 is 9.61. The van der Waals surface area contributed by atoms with E-state index in [2.05, 4.69) is 62.4 Å². The molecule has 37 heavy (non-hydrogen) atoms. The molecule has 0 aliphatic heterocycles. The molecular weight excluding hydrogens is 513 g/mol. The van der Waals surface area contributed by atoms with Gasteiger partial charge in [0.15, 0.2) is 0 Å². The summed E-state index contributed by atoms with van der Waals surface area (Å²) in [6.45, 7) is 4.26. The first kappa shape index (κ1) is 22.4. The molecule has 0 radical (unpaired) electrons. The number of fused-ring (bicyclic) bond motifs is 2. The number of hydrogen-bond acceptors (Lipinski definition) is 7. The van der Waals surface area contributed by atoms with Crippen molar-refractivity contribution in [2.75, 3.05) is 0 Å². The Labute approximate surface area is 226 Å². The van der Waals surface area contributed by atoms with Gasteiger partial charge in [0.2, 0.25) is 0 Å². The van der Waals surface area contributed by atoms with E-state index in [1.54, 1.807) is 22.7 Å². The molecule has 0 bridgehead atoms. The number of aryl methyl sites for hydroxylation is 2. The second-order valence-electron chi connectivity index (χ2n) is 8.88. The predicted molar refractivity (Wildman–Crippen MR) is 157 cm³/mol. The Morgan fingerprint density at radius 3 is 1.30 bits per heavy atom. The normalized spacial score (nSPS) is 11.5. The summed E-state index contributed by atoms with van der Waals surface area (Å²) in [5.74, 6) is 0. The Kier molecular flexibility index (Phi) is 5.43. The fourth-order valence-electron chi connectivity index (χ4n) is 4.72. The Balaban J connectivity index is 1.69. The fourth-order valence-corrected chi connectivity index (χ4v) is 7.11. The number of hydrogen-bond donors (Lipinski definition) is 0. The van der Waals surface area contributed by atoms with E-state index >= 15 is 0 Å². The highest BCUT2D eigenvalue weighted by Gasteiger charge is 2.25. The van der Waals surface area contributed by atoms with Gasteiger partial charge in [-0.2, -0.15) is 8.75 Å². The van der Waals surface area contributed by atoms with Crippen molar-refractivity contribution in [3.05, 3.63) is 94.7 Å². The minimum atomic E-state index is 0.863. The van der Waals surface area contributed by atoms with Crippen molar-refractivity contribution in [2.45, 2.75) is 13.8 Å². The van der Waals surface area contributed by atoms with Crippen LogP contribution < -0.4 is 0 Å². The SMILES string of the molecule is Cc1ccc(-c2c3nsnc3c(-c3ccc(C)s3)c3nc(-c4ccccc4)c(-c4ccccc4)nc23)s1. The standard InChI is InChI=1S/C30H20N4S3/c1-17-13-15-21(35-17)23-27-28(24(22-16-14-18(2)36-22)30-29(23)33-37-34-30)32-26(20-11-7-4-8-12-20)25(31-27)19-9-5-3-6-10-19/h3-16H,1-2H3. The van der Waals surface area contributed by atoms with Gasteiger partial charge in [-0.25, -0.2) is 9.97 Å². The summed E-state index contributed by atoms with van der Waals surface area (Å²) in [5, 5.41) is 0. The summed E-state index contributed by atoms with van der Waals surface area (Å²) >= 11 is 4.76. The maximum Gasteiger partial charge on any atom is 0.116 e. The summed E-state index contributed by atoms with van der Waals surface area (Å²) in [5.41, 5.74) is 9.33. The van der Waals surface area contributed by atoms with Gasteiger partial charge in [-0.05, 0) is 38.1 Å². The molecule has 0 atom stereocenters. The van der Waals surface area contributed by atoms with Crippen LogP contribution in [0.25, 0.3) is 65.5 Å². The molecule has 4 heterocycles.